The lowest BCUT2D eigenvalue weighted by atomic mass is 9.78. The van der Waals surface area contributed by atoms with Gasteiger partial charge in [-0.15, -0.1) is 0 Å². The van der Waals surface area contributed by atoms with E-state index in [0.717, 1.165) is 25.3 Å². The molecule has 1 aliphatic carbocycles. The number of carbonyl (C=O) groups excluding carboxylic acids is 2. The van der Waals surface area contributed by atoms with Crippen LogP contribution >= 0.6 is 0 Å². The van der Waals surface area contributed by atoms with Crippen LogP contribution in [0.3, 0.4) is 0 Å². The van der Waals surface area contributed by atoms with Crippen LogP contribution in [0.2, 0.25) is 0 Å². The third-order valence-electron chi connectivity index (χ3n) is 5.46. The fraction of sp³-hybridized carbons (Fsp3) is 0.579. The number of amides is 1. The Kier molecular flexibility index (Phi) is 6.01. The number of nitrogens with one attached hydrogen (secondary N) is 1. The second kappa shape index (κ2) is 8.45. The van der Waals surface area contributed by atoms with Crippen LogP contribution in [0.25, 0.3) is 0 Å². The largest absolute Gasteiger partial charge is 0.486 e. The van der Waals surface area contributed by atoms with Crippen molar-refractivity contribution in [2.24, 2.45) is 11.8 Å². The van der Waals surface area contributed by atoms with E-state index >= 15 is 0 Å². The maximum atomic E-state index is 12.4. The number of fused-ring (bicyclic) bond motifs is 1. The molecule has 9 nitrogen and oxygen atoms in total. The summed E-state index contributed by atoms with van der Waals surface area (Å²) in [5.74, 6) is -0.0800. The zero-order chi connectivity index (χ0) is 20.3. The molecule has 0 spiro atoms. The number of nitro groups is 1. The van der Waals surface area contributed by atoms with Crippen molar-refractivity contribution in [3.8, 4) is 11.5 Å². The van der Waals surface area contributed by atoms with Gasteiger partial charge < -0.3 is 19.5 Å². The van der Waals surface area contributed by atoms with Gasteiger partial charge in [-0.05, 0) is 18.3 Å². The van der Waals surface area contributed by atoms with Gasteiger partial charge in [0.05, 0.1) is 11.0 Å². The van der Waals surface area contributed by atoms with Crippen LogP contribution in [0.4, 0.5) is 5.69 Å². The fourth-order valence-electron chi connectivity index (χ4n) is 3.64. The summed E-state index contributed by atoms with van der Waals surface area (Å²) in [6, 6.07) is 2.40. The van der Waals surface area contributed by atoms with Crippen LogP contribution in [0, 0.1) is 22.0 Å². The lowest BCUT2D eigenvalue weighted by molar-refractivity contribution is -0.385. The van der Waals surface area contributed by atoms with Gasteiger partial charge in [-0.2, -0.15) is 0 Å². The first-order chi connectivity index (χ1) is 13.4. The number of rotatable bonds is 5. The normalized spacial score (nSPS) is 23.6. The quantitative estimate of drug-likeness (QED) is 0.465. The Bertz CT molecular complexity index is 780. The van der Waals surface area contributed by atoms with E-state index in [0.29, 0.717) is 11.8 Å². The van der Waals surface area contributed by atoms with Crippen LogP contribution in [-0.4, -0.2) is 42.7 Å². The van der Waals surface area contributed by atoms with Crippen molar-refractivity contribution in [2.45, 2.75) is 39.2 Å². The summed E-state index contributed by atoms with van der Waals surface area (Å²) in [7, 11) is 0. The Morgan fingerprint density at radius 2 is 1.89 bits per heavy atom. The van der Waals surface area contributed by atoms with Crippen molar-refractivity contribution >= 4 is 17.6 Å². The minimum Gasteiger partial charge on any atom is -0.486 e. The molecule has 0 bridgehead atoms. The van der Waals surface area contributed by atoms with E-state index in [-0.39, 0.29) is 36.3 Å². The third kappa shape index (κ3) is 4.35. The molecule has 0 radical (unpaired) electrons. The molecule has 9 heteroatoms. The van der Waals surface area contributed by atoms with Gasteiger partial charge in [-0.1, -0.05) is 26.7 Å². The van der Waals surface area contributed by atoms with Crippen LogP contribution in [0.5, 0.6) is 11.5 Å². The Morgan fingerprint density at radius 1 is 1.21 bits per heavy atom. The van der Waals surface area contributed by atoms with Gasteiger partial charge >= 0.3 is 5.97 Å². The molecule has 3 rings (SSSR count). The van der Waals surface area contributed by atoms with Gasteiger partial charge in [-0.3, -0.25) is 14.9 Å². The van der Waals surface area contributed by atoms with Crippen molar-refractivity contribution in [3.63, 3.8) is 0 Å². The van der Waals surface area contributed by atoms with Crippen molar-refractivity contribution in [2.75, 3.05) is 19.8 Å². The lowest BCUT2D eigenvalue weighted by Crippen LogP contribution is -2.45. The summed E-state index contributed by atoms with van der Waals surface area (Å²) in [5, 5.41) is 14.2. The summed E-state index contributed by atoms with van der Waals surface area (Å²) in [6.07, 6.45) is 3.06. The average molecular weight is 392 g/mol. The molecule has 1 N–H and O–H groups in total. The van der Waals surface area contributed by atoms with Crippen molar-refractivity contribution < 1.29 is 28.7 Å². The summed E-state index contributed by atoms with van der Waals surface area (Å²) in [6.45, 7) is 4.30. The van der Waals surface area contributed by atoms with E-state index in [2.05, 4.69) is 19.2 Å². The molecule has 0 saturated heterocycles. The third-order valence-corrected chi connectivity index (χ3v) is 5.46. The molecule has 1 fully saturated rings. The minimum atomic E-state index is -0.955. The minimum absolute atomic E-state index is 0.0404. The van der Waals surface area contributed by atoms with E-state index in [1.54, 1.807) is 0 Å². The molecule has 2 aliphatic rings. The molecule has 1 amide bonds. The van der Waals surface area contributed by atoms with E-state index in [9.17, 15) is 19.7 Å². The first-order valence-electron chi connectivity index (χ1n) is 9.41. The number of nitrogens with zero attached hydrogens (tertiary/aromatic N) is 1. The van der Waals surface area contributed by atoms with Crippen LogP contribution in [0.1, 0.15) is 43.5 Å². The zero-order valence-corrected chi connectivity index (χ0v) is 15.9. The molecule has 0 aromatic heterocycles. The molecule has 1 aromatic rings. The predicted octanol–water partition coefficient (Wildman–Crippen LogP) is 2.46. The number of nitro benzene ring substituents is 1. The molecule has 1 heterocycles. The van der Waals surface area contributed by atoms with Gasteiger partial charge in [0, 0.05) is 12.1 Å². The van der Waals surface area contributed by atoms with Gasteiger partial charge in [0.15, 0.2) is 18.1 Å². The van der Waals surface area contributed by atoms with Gasteiger partial charge in [0.1, 0.15) is 18.8 Å². The van der Waals surface area contributed by atoms with Gasteiger partial charge in [0.25, 0.3) is 11.6 Å². The predicted molar refractivity (Wildman–Crippen MR) is 98.5 cm³/mol. The monoisotopic (exact) mass is 392 g/mol. The highest BCUT2D eigenvalue weighted by Crippen LogP contribution is 2.37. The summed E-state index contributed by atoms with van der Waals surface area (Å²) < 4.78 is 15.7. The van der Waals surface area contributed by atoms with Crippen LogP contribution in [-0.2, 0) is 9.53 Å². The van der Waals surface area contributed by atoms with Crippen molar-refractivity contribution in [1.29, 1.82) is 0 Å². The first kappa shape index (κ1) is 19.9. The fourth-order valence-corrected chi connectivity index (χ4v) is 3.64. The van der Waals surface area contributed by atoms with E-state index in [1.165, 1.54) is 6.07 Å². The van der Waals surface area contributed by atoms with Crippen molar-refractivity contribution in [1.82, 2.24) is 5.32 Å². The van der Waals surface area contributed by atoms with Crippen molar-refractivity contribution in [3.05, 3.63) is 27.8 Å². The van der Waals surface area contributed by atoms with Gasteiger partial charge in [0.2, 0.25) is 0 Å². The molecule has 1 aliphatic heterocycles. The maximum absolute atomic E-state index is 12.4. The Balaban J connectivity index is 1.64. The molecule has 0 unspecified atom stereocenters. The Morgan fingerprint density at radius 3 is 2.57 bits per heavy atom. The smallest absolute Gasteiger partial charge is 0.345 e. The lowest BCUT2D eigenvalue weighted by Gasteiger charge is -2.34. The maximum Gasteiger partial charge on any atom is 0.345 e. The van der Waals surface area contributed by atoms with E-state index < -0.39 is 29.1 Å². The molecule has 3 atom stereocenters. The zero-order valence-electron chi connectivity index (χ0n) is 15.9. The number of ether oxygens (including phenoxy) is 3. The number of benzene rings is 1. The number of esters is 1. The number of carbonyl (C=O) groups is 2. The summed E-state index contributed by atoms with van der Waals surface area (Å²) in [4.78, 5) is 35.2. The molecular weight excluding hydrogens is 368 g/mol. The second-order valence-corrected chi connectivity index (χ2v) is 7.29. The number of hydrogen-bond donors (Lipinski definition) is 1. The number of hydrogen-bond acceptors (Lipinski definition) is 7. The highest BCUT2D eigenvalue weighted by molar-refractivity contribution is 5.96. The summed E-state index contributed by atoms with van der Waals surface area (Å²) >= 11 is 0. The Labute approximate surface area is 162 Å². The highest BCUT2D eigenvalue weighted by atomic mass is 16.6. The van der Waals surface area contributed by atoms with E-state index in [1.807, 2.05) is 0 Å². The molecular formula is C19H24N2O7. The first-order valence-corrected chi connectivity index (χ1v) is 9.41. The second-order valence-electron chi connectivity index (χ2n) is 7.29. The average Bonchev–Trinajstić information content (AvgIpc) is 2.68. The van der Waals surface area contributed by atoms with Gasteiger partial charge in [-0.25, -0.2) is 4.79 Å². The molecule has 28 heavy (non-hydrogen) atoms. The molecule has 1 aromatic carbocycles. The SMILES string of the molecule is C[C@@H]1[C@@H](C)CCC[C@H]1NC(=O)COC(=O)c1cc2c(cc1[N+](=O)[O-])OCCO2. The highest BCUT2D eigenvalue weighted by Gasteiger charge is 2.30. The van der Waals surface area contributed by atoms with Crippen LogP contribution < -0.4 is 14.8 Å². The molecule has 152 valence electrons. The summed E-state index contributed by atoms with van der Waals surface area (Å²) in [5.41, 5.74) is -0.730. The van der Waals surface area contributed by atoms with Crippen LogP contribution in [0.15, 0.2) is 12.1 Å². The Hall–Kier alpha value is -2.84. The van der Waals surface area contributed by atoms with E-state index in [4.69, 9.17) is 14.2 Å². The molecule has 1 saturated carbocycles. The topological polar surface area (TPSA) is 117 Å². The standard InChI is InChI=1S/C19H24N2O7/c1-11-4-3-5-14(12(11)2)20-18(22)10-28-19(23)13-8-16-17(27-7-6-26-16)9-15(13)21(24)25/h8-9,11-12,14H,3-7,10H2,1-2H3,(H,20,22)/t11-,12+,14+/m0/s1.